The van der Waals surface area contributed by atoms with E-state index < -0.39 is 23.7 Å². The van der Waals surface area contributed by atoms with Crippen molar-refractivity contribution in [2.45, 2.75) is 19.8 Å². The minimum Gasteiger partial charge on any atom is -0.492 e. The average molecular weight is 593 g/mol. The summed E-state index contributed by atoms with van der Waals surface area (Å²) in [5.41, 5.74) is 2.22. The predicted octanol–water partition coefficient (Wildman–Crippen LogP) is 4.92. The highest BCUT2D eigenvalue weighted by molar-refractivity contribution is 9.10. The first-order valence-electron chi connectivity index (χ1n) is 10.8. The Balaban J connectivity index is 1.92. The lowest BCUT2D eigenvalue weighted by atomic mass is 9.78. The van der Waals surface area contributed by atoms with Crippen LogP contribution in [0.5, 0.6) is 5.75 Å². The van der Waals surface area contributed by atoms with Crippen molar-refractivity contribution in [3.8, 4) is 11.8 Å². The summed E-state index contributed by atoms with van der Waals surface area (Å²) in [4.78, 5) is 38.2. The van der Waals surface area contributed by atoms with Gasteiger partial charge in [-0.25, -0.2) is 0 Å². The van der Waals surface area contributed by atoms with Crippen LogP contribution in [0.3, 0.4) is 0 Å². The van der Waals surface area contributed by atoms with Gasteiger partial charge >= 0.3 is 5.97 Å². The molecule has 0 saturated heterocycles. The van der Waals surface area contributed by atoms with E-state index in [4.69, 9.17) is 21.1 Å². The maximum atomic E-state index is 13.0. The normalized spacial score (nSPS) is 17.2. The number of ether oxygens (including phenoxy) is 2. The summed E-state index contributed by atoms with van der Waals surface area (Å²) in [5.74, 6) is -3.67. The van der Waals surface area contributed by atoms with E-state index in [0.717, 1.165) is 21.8 Å². The molecule has 2 aromatic rings. The average Bonchev–Trinajstić information content (AvgIpc) is 2.84. The van der Waals surface area contributed by atoms with Gasteiger partial charge in [0.1, 0.15) is 11.7 Å². The number of hydrogen-bond acceptors (Lipinski definition) is 7. The van der Waals surface area contributed by atoms with Crippen LogP contribution in [0.2, 0.25) is 5.02 Å². The van der Waals surface area contributed by atoms with Crippen LogP contribution < -0.4 is 15.4 Å². The number of allylic oxidation sites excluding steroid dienone is 1. The smallest absolute Gasteiger partial charge is 0.319 e. The van der Waals surface area contributed by atoms with E-state index in [1.54, 1.807) is 24.3 Å². The molecule has 0 saturated carbocycles. The third-order valence-electron chi connectivity index (χ3n) is 5.34. The Morgan fingerprint density at radius 2 is 2.03 bits per heavy atom. The van der Waals surface area contributed by atoms with Crippen LogP contribution in [0, 0.1) is 24.2 Å². The fraction of sp³-hybridized carbons (Fsp3) is 0.280. The lowest BCUT2D eigenvalue weighted by Crippen LogP contribution is -2.44. The number of aryl methyl sites for hydroxylation is 1. The fourth-order valence-electron chi connectivity index (χ4n) is 3.71. The zero-order valence-electron chi connectivity index (χ0n) is 19.7. The Kier molecular flexibility index (Phi) is 9.43. The standard InChI is InChI=1S/C25H23BrClN3O5S/c1-4-35-19-8-6-14(10-17(19)27)21-15(11-28)24(30-23(32)22(21)25(33)34-3)36-12-20(31)29-18-7-5-13(2)9-16(18)26/h5-10,21-22H,4,12H2,1-3H3,(H,29,31)(H,30,32)/t21-,22+/m1/s1. The van der Waals surface area contributed by atoms with Gasteiger partial charge in [-0.2, -0.15) is 5.26 Å². The molecule has 2 atom stereocenters. The summed E-state index contributed by atoms with van der Waals surface area (Å²) in [5, 5.41) is 15.9. The molecule has 0 fully saturated rings. The van der Waals surface area contributed by atoms with E-state index in [2.05, 4.69) is 32.6 Å². The molecule has 36 heavy (non-hydrogen) atoms. The molecule has 8 nitrogen and oxygen atoms in total. The minimum atomic E-state index is -1.31. The monoisotopic (exact) mass is 591 g/mol. The van der Waals surface area contributed by atoms with E-state index in [0.29, 0.717) is 23.6 Å². The highest BCUT2D eigenvalue weighted by Gasteiger charge is 2.44. The molecule has 188 valence electrons. The molecule has 2 amide bonds. The molecular weight excluding hydrogens is 570 g/mol. The highest BCUT2D eigenvalue weighted by Crippen LogP contribution is 2.42. The number of amides is 2. The van der Waals surface area contributed by atoms with Crippen LogP contribution in [-0.2, 0) is 19.1 Å². The maximum Gasteiger partial charge on any atom is 0.319 e. The number of benzene rings is 2. The van der Waals surface area contributed by atoms with E-state index >= 15 is 0 Å². The molecule has 0 unspecified atom stereocenters. The maximum absolute atomic E-state index is 13.0. The molecule has 0 spiro atoms. The highest BCUT2D eigenvalue weighted by atomic mass is 79.9. The van der Waals surface area contributed by atoms with E-state index in [1.165, 1.54) is 7.11 Å². The molecule has 11 heteroatoms. The predicted molar refractivity (Wildman–Crippen MR) is 142 cm³/mol. The van der Waals surface area contributed by atoms with Crippen LogP contribution in [0.25, 0.3) is 0 Å². The minimum absolute atomic E-state index is 0.0826. The van der Waals surface area contributed by atoms with Crippen molar-refractivity contribution in [2.24, 2.45) is 5.92 Å². The third-order valence-corrected chi connectivity index (χ3v) is 7.31. The number of halogens is 2. The van der Waals surface area contributed by atoms with Crippen molar-refractivity contribution in [3.63, 3.8) is 0 Å². The molecule has 0 aromatic heterocycles. The molecule has 0 aliphatic carbocycles. The van der Waals surface area contributed by atoms with Gasteiger partial charge in [-0.1, -0.05) is 35.5 Å². The number of methoxy groups -OCH3 is 1. The topological polar surface area (TPSA) is 118 Å². The second-order valence-electron chi connectivity index (χ2n) is 7.77. The van der Waals surface area contributed by atoms with Gasteiger partial charge in [-0.15, -0.1) is 0 Å². The lowest BCUT2D eigenvalue weighted by molar-refractivity contribution is -0.150. The van der Waals surface area contributed by atoms with Crippen LogP contribution in [-0.4, -0.2) is 37.3 Å². The first-order chi connectivity index (χ1) is 17.2. The summed E-state index contributed by atoms with van der Waals surface area (Å²) in [6.07, 6.45) is 0. The number of nitriles is 1. The summed E-state index contributed by atoms with van der Waals surface area (Å²) in [7, 11) is 1.17. The fourth-order valence-corrected chi connectivity index (χ4v) is 5.39. The van der Waals surface area contributed by atoms with Crippen LogP contribution in [0.4, 0.5) is 5.69 Å². The van der Waals surface area contributed by atoms with Gasteiger partial charge in [-0.3, -0.25) is 14.4 Å². The molecular formula is C25H23BrClN3O5S. The SMILES string of the molecule is CCOc1ccc([C@@H]2C(C#N)=C(SCC(=O)Nc3ccc(C)cc3Br)NC(=O)[C@H]2C(=O)OC)cc1Cl. The molecule has 0 bridgehead atoms. The van der Waals surface area contributed by atoms with E-state index in [1.807, 2.05) is 26.0 Å². The van der Waals surface area contributed by atoms with Gasteiger partial charge in [0, 0.05) is 10.4 Å². The zero-order valence-corrected chi connectivity index (χ0v) is 22.8. The number of hydrogen-bond donors (Lipinski definition) is 2. The molecule has 3 rings (SSSR count). The molecule has 0 radical (unpaired) electrons. The molecule has 1 heterocycles. The molecule has 1 aliphatic heterocycles. The quantitative estimate of drug-likeness (QED) is 0.330. The van der Waals surface area contributed by atoms with E-state index in [-0.39, 0.29) is 27.3 Å². The Morgan fingerprint density at radius 1 is 1.28 bits per heavy atom. The summed E-state index contributed by atoms with van der Waals surface area (Å²) in [6.45, 7) is 4.15. The second-order valence-corrected chi connectivity index (χ2v) is 10.0. The van der Waals surface area contributed by atoms with Crippen molar-refractivity contribution in [2.75, 3.05) is 24.8 Å². The van der Waals surface area contributed by atoms with Gasteiger partial charge in [0.25, 0.3) is 0 Å². The van der Waals surface area contributed by atoms with Gasteiger partial charge in [0.15, 0.2) is 0 Å². The van der Waals surface area contributed by atoms with Crippen molar-refractivity contribution >= 4 is 62.8 Å². The van der Waals surface area contributed by atoms with Crippen molar-refractivity contribution in [3.05, 3.63) is 67.6 Å². The van der Waals surface area contributed by atoms with Gasteiger partial charge < -0.3 is 20.1 Å². The van der Waals surface area contributed by atoms with Gasteiger partial charge in [-0.05, 0) is 65.2 Å². The number of anilines is 1. The van der Waals surface area contributed by atoms with E-state index in [9.17, 15) is 19.6 Å². The number of esters is 1. The number of nitrogens with zero attached hydrogens (tertiary/aromatic N) is 1. The third kappa shape index (κ3) is 6.22. The number of carbonyl (C=O) groups is 3. The van der Waals surface area contributed by atoms with Crippen LogP contribution in [0.1, 0.15) is 24.0 Å². The molecule has 2 aromatic carbocycles. The number of carbonyl (C=O) groups excluding carboxylic acids is 3. The first-order valence-corrected chi connectivity index (χ1v) is 13.0. The number of nitrogens with one attached hydrogen (secondary N) is 2. The van der Waals surface area contributed by atoms with Crippen LogP contribution >= 0.6 is 39.3 Å². The van der Waals surface area contributed by atoms with Crippen molar-refractivity contribution < 1.29 is 23.9 Å². The largest absolute Gasteiger partial charge is 0.492 e. The van der Waals surface area contributed by atoms with Gasteiger partial charge in [0.05, 0.1) is 46.9 Å². The van der Waals surface area contributed by atoms with Crippen molar-refractivity contribution in [1.82, 2.24) is 5.32 Å². The number of rotatable bonds is 8. The molecule has 2 N–H and O–H groups in total. The second kappa shape index (κ2) is 12.3. The van der Waals surface area contributed by atoms with Gasteiger partial charge in [0.2, 0.25) is 11.8 Å². The molecule has 1 aliphatic rings. The Labute approximate surface area is 226 Å². The number of thioether (sulfide) groups is 1. The summed E-state index contributed by atoms with van der Waals surface area (Å²) >= 11 is 10.8. The Bertz CT molecular complexity index is 1280. The first kappa shape index (κ1) is 27.6. The summed E-state index contributed by atoms with van der Waals surface area (Å²) in [6, 6.07) is 12.5. The Hall–Kier alpha value is -3.00. The Morgan fingerprint density at radius 3 is 2.64 bits per heavy atom. The van der Waals surface area contributed by atoms with Crippen LogP contribution in [0.15, 0.2) is 51.5 Å². The zero-order chi connectivity index (χ0) is 26.4. The summed E-state index contributed by atoms with van der Waals surface area (Å²) < 4.78 is 11.1. The lowest BCUT2D eigenvalue weighted by Gasteiger charge is -2.31. The van der Waals surface area contributed by atoms with Crippen molar-refractivity contribution in [1.29, 1.82) is 5.26 Å².